The van der Waals surface area contributed by atoms with Gasteiger partial charge in [0.05, 0.1) is 5.69 Å². The quantitative estimate of drug-likeness (QED) is 0.908. The van der Waals surface area contributed by atoms with Crippen LogP contribution < -0.4 is 0 Å². The Morgan fingerprint density at radius 2 is 2.11 bits per heavy atom. The van der Waals surface area contributed by atoms with Gasteiger partial charge in [0.1, 0.15) is 5.82 Å². The highest BCUT2D eigenvalue weighted by Crippen LogP contribution is 2.20. The SMILES string of the molecule is CC(C)c1cc(C(=O)O)nn1-c1cccc(F)c1. The summed E-state index contributed by atoms with van der Waals surface area (Å²) in [5, 5.41) is 12.9. The lowest BCUT2D eigenvalue weighted by Crippen LogP contribution is -2.05. The number of carboxylic acid groups (broad SMARTS) is 1. The lowest BCUT2D eigenvalue weighted by Gasteiger charge is -2.09. The molecule has 1 aromatic heterocycles. The Bertz CT molecular complexity index is 590. The van der Waals surface area contributed by atoms with Crippen LogP contribution in [-0.4, -0.2) is 20.9 Å². The number of halogens is 1. The van der Waals surface area contributed by atoms with Crippen LogP contribution in [0.1, 0.15) is 35.9 Å². The Balaban J connectivity index is 2.58. The first-order chi connectivity index (χ1) is 8.49. The maximum Gasteiger partial charge on any atom is 0.356 e. The van der Waals surface area contributed by atoms with Gasteiger partial charge in [-0.3, -0.25) is 0 Å². The lowest BCUT2D eigenvalue weighted by molar-refractivity contribution is 0.0690. The zero-order chi connectivity index (χ0) is 13.3. The van der Waals surface area contributed by atoms with Crippen molar-refractivity contribution in [1.82, 2.24) is 9.78 Å². The Kier molecular flexibility index (Phi) is 3.14. The highest BCUT2D eigenvalue weighted by Gasteiger charge is 2.16. The molecular weight excluding hydrogens is 235 g/mol. The molecule has 0 saturated heterocycles. The molecule has 0 amide bonds. The average Bonchev–Trinajstić information content (AvgIpc) is 2.73. The van der Waals surface area contributed by atoms with E-state index in [1.165, 1.54) is 22.9 Å². The van der Waals surface area contributed by atoms with Gasteiger partial charge in [-0.1, -0.05) is 19.9 Å². The Labute approximate surface area is 104 Å². The number of hydrogen-bond donors (Lipinski definition) is 1. The van der Waals surface area contributed by atoms with E-state index < -0.39 is 5.97 Å². The summed E-state index contributed by atoms with van der Waals surface area (Å²) >= 11 is 0. The van der Waals surface area contributed by atoms with Gasteiger partial charge in [-0.2, -0.15) is 5.10 Å². The summed E-state index contributed by atoms with van der Waals surface area (Å²) in [6.07, 6.45) is 0. The molecule has 0 radical (unpaired) electrons. The maximum atomic E-state index is 13.2. The lowest BCUT2D eigenvalue weighted by atomic mass is 10.1. The largest absolute Gasteiger partial charge is 0.476 e. The van der Waals surface area contributed by atoms with Crippen molar-refractivity contribution in [2.45, 2.75) is 19.8 Å². The Morgan fingerprint density at radius 3 is 2.67 bits per heavy atom. The number of carboxylic acids is 1. The van der Waals surface area contributed by atoms with Gasteiger partial charge >= 0.3 is 5.97 Å². The van der Waals surface area contributed by atoms with E-state index in [9.17, 15) is 9.18 Å². The first-order valence-corrected chi connectivity index (χ1v) is 5.58. The summed E-state index contributed by atoms with van der Waals surface area (Å²) in [5.41, 5.74) is 1.21. The summed E-state index contributed by atoms with van der Waals surface area (Å²) < 4.78 is 14.7. The number of hydrogen-bond acceptors (Lipinski definition) is 2. The second kappa shape index (κ2) is 4.60. The topological polar surface area (TPSA) is 55.1 Å². The number of carbonyl (C=O) groups is 1. The van der Waals surface area contributed by atoms with Crippen LogP contribution in [0.25, 0.3) is 5.69 Å². The van der Waals surface area contributed by atoms with E-state index in [0.29, 0.717) is 5.69 Å². The van der Waals surface area contributed by atoms with Gasteiger partial charge < -0.3 is 5.11 Å². The molecule has 94 valence electrons. The van der Waals surface area contributed by atoms with Crippen molar-refractivity contribution in [2.24, 2.45) is 0 Å². The van der Waals surface area contributed by atoms with E-state index in [4.69, 9.17) is 5.11 Å². The van der Waals surface area contributed by atoms with Gasteiger partial charge in [-0.15, -0.1) is 0 Å². The van der Waals surface area contributed by atoms with Crippen molar-refractivity contribution >= 4 is 5.97 Å². The molecular formula is C13H13FN2O2. The molecule has 0 saturated carbocycles. The number of rotatable bonds is 3. The first kappa shape index (κ1) is 12.3. The molecule has 0 aliphatic carbocycles. The molecule has 0 spiro atoms. The Morgan fingerprint density at radius 1 is 1.39 bits per heavy atom. The summed E-state index contributed by atoms with van der Waals surface area (Å²) in [4.78, 5) is 10.9. The predicted octanol–water partition coefficient (Wildman–Crippen LogP) is 2.83. The molecule has 18 heavy (non-hydrogen) atoms. The molecule has 0 aliphatic rings. The average molecular weight is 248 g/mol. The van der Waals surface area contributed by atoms with Crippen molar-refractivity contribution in [3.8, 4) is 5.69 Å². The monoisotopic (exact) mass is 248 g/mol. The number of nitrogens with zero attached hydrogens (tertiary/aromatic N) is 2. The molecule has 2 aromatic rings. The van der Waals surface area contributed by atoms with E-state index in [1.54, 1.807) is 12.1 Å². The van der Waals surface area contributed by atoms with Gasteiger partial charge in [0.25, 0.3) is 0 Å². The maximum absolute atomic E-state index is 13.2. The van der Waals surface area contributed by atoms with Gasteiger partial charge in [-0.25, -0.2) is 13.9 Å². The molecule has 5 heteroatoms. The second-order valence-electron chi connectivity index (χ2n) is 4.31. The van der Waals surface area contributed by atoms with Gasteiger partial charge in [-0.05, 0) is 30.2 Å². The van der Waals surface area contributed by atoms with Gasteiger partial charge in [0.2, 0.25) is 0 Å². The number of aromatic nitrogens is 2. The highest BCUT2D eigenvalue weighted by molar-refractivity contribution is 5.85. The summed E-state index contributed by atoms with van der Waals surface area (Å²) in [6, 6.07) is 7.42. The molecule has 0 atom stereocenters. The third kappa shape index (κ3) is 2.25. The van der Waals surface area contributed by atoms with E-state index in [-0.39, 0.29) is 17.4 Å². The molecule has 1 aromatic carbocycles. The van der Waals surface area contributed by atoms with Crippen molar-refractivity contribution in [3.63, 3.8) is 0 Å². The smallest absolute Gasteiger partial charge is 0.356 e. The number of benzene rings is 1. The fraction of sp³-hybridized carbons (Fsp3) is 0.231. The summed E-state index contributed by atoms with van der Waals surface area (Å²) in [5.74, 6) is -1.38. The summed E-state index contributed by atoms with van der Waals surface area (Å²) in [7, 11) is 0. The van der Waals surface area contributed by atoms with Crippen LogP contribution in [0.2, 0.25) is 0 Å². The second-order valence-corrected chi connectivity index (χ2v) is 4.31. The van der Waals surface area contributed by atoms with Gasteiger partial charge in [0, 0.05) is 5.69 Å². The van der Waals surface area contributed by atoms with Crippen molar-refractivity contribution < 1.29 is 14.3 Å². The van der Waals surface area contributed by atoms with Crippen molar-refractivity contribution in [1.29, 1.82) is 0 Å². The minimum atomic E-state index is -1.09. The minimum Gasteiger partial charge on any atom is -0.476 e. The van der Waals surface area contributed by atoms with Crippen LogP contribution in [0.15, 0.2) is 30.3 Å². The molecule has 0 aliphatic heterocycles. The molecule has 0 fully saturated rings. The normalized spacial score (nSPS) is 10.9. The molecule has 4 nitrogen and oxygen atoms in total. The predicted molar refractivity (Wildman–Crippen MR) is 64.6 cm³/mol. The molecule has 1 heterocycles. The molecule has 2 rings (SSSR count). The zero-order valence-electron chi connectivity index (χ0n) is 10.1. The van der Waals surface area contributed by atoms with Gasteiger partial charge in [0.15, 0.2) is 5.69 Å². The third-order valence-electron chi connectivity index (χ3n) is 2.60. The van der Waals surface area contributed by atoms with Crippen LogP contribution in [0, 0.1) is 5.82 Å². The van der Waals surface area contributed by atoms with Crippen LogP contribution in [0.3, 0.4) is 0 Å². The van der Waals surface area contributed by atoms with E-state index in [1.807, 2.05) is 13.8 Å². The fourth-order valence-electron chi connectivity index (χ4n) is 1.73. The Hall–Kier alpha value is -2.17. The third-order valence-corrected chi connectivity index (χ3v) is 2.60. The van der Waals surface area contributed by atoms with Crippen LogP contribution in [0.4, 0.5) is 4.39 Å². The molecule has 0 bridgehead atoms. The standard InChI is InChI=1S/C13H13FN2O2/c1-8(2)12-7-11(13(17)18)15-16(12)10-5-3-4-9(14)6-10/h3-8H,1-2H3,(H,17,18). The zero-order valence-corrected chi connectivity index (χ0v) is 10.1. The first-order valence-electron chi connectivity index (χ1n) is 5.58. The van der Waals surface area contributed by atoms with Crippen LogP contribution in [-0.2, 0) is 0 Å². The molecule has 1 N–H and O–H groups in total. The minimum absolute atomic E-state index is 0.0389. The van der Waals surface area contributed by atoms with Crippen LogP contribution >= 0.6 is 0 Å². The number of aromatic carboxylic acids is 1. The van der Waals surface area contributed by atoms with E-state index in [2.05, 4.69) is 5.10 Å². The van der Waals surface area contributed by atoms with E-state index >= 15 is 0 Å². The van der Waals surface area contributed by atoms with Crippen molar-refractivity contribution in [3.05, 3.63) is 47.5 Å². The van der Waals surface area contributed by atoms with E-state index in [0.717, 1.165) is 5.69 Å². The van der Waals surface area contributed by atoms with Crippen LogP contribution in [0.5, 0.6) is 0 Å². The molecule has 0 unspecified atom stereocenters. The highest BCUT2D eigenvalue weighted by atomic mass is 19.1. The summed E-state index contributed by atoms with van der Waals surface area (Å²) in [6.45, 7) is 3.86. The fourth-order valence-corrected chi connectivity index (χ4v) is 1.73. The van der Waals surface area contributed by atoms with Crippen molar-refractivity contribution in [2.75, 3.05) is 0 Å².